The minimum atomic E-state index is -0.775. The van der Waals surface area contributed by atoms with Crippen molar-refractivity contribution in [3.63, 3.8) is 0 Å². The molecule has 0 unspecified atom stereocenters. The lowest BCUT2D eigenvalue weighted by Gasteiger charge is -2.24. The summed E-state index contributed by atoms with van der Waals surface area (Å²) in [5.74, 6) is 0.200. The number of nitrogens with one attached hydrogen (secondary N) is 1. The summed E-state index contributed by atoms with van der Waals surface area (Å²) in [6.45, 7) is 6.65. The van der Waals surface area contributed by atoms with Gasteiger partial charge in [0.2, 0.25) is 11.8 Å². The zero-order valence-corrected chi connectivity index (χ0v) is 24.4. The summed E-state index contributed by atoms with van der Waals surface area (Å²) in [4.78, 5) is 53.5. The summed E-state index contributed by atoms with van der Waals surface area (Å²) in [7, 11) is 1.57. The molecule has 3 heterocycles. The number of hydrogen-bond acceptors (Lipinski definition) is 7. The number of anilines is 1. The number of likely N-dealkylation sites (N-methyl/N-ethyl adjacent to an activating group) is 1. The van der Waals surface area contributed by atoms with E-state index in [1.54, 1.807) is 26.2 Å². The summed E-state index contributed by atoms with van der Waals surface area (Å²) in [6, 6.07) is 6.76. The molecule has 5 rings (SSSR count). The van der Waals surface area contributed by atoms with Gasteiger partial charge in [-0.1, -0.05) is 12.1 Å². The number of carbonyl (C=O) groups excluding carboxylic acids is 3. The van der Waals surface area contributed by atoms with Gasteiger partial charge in [0.05, 0.1) is 11.2 Å². The Hall–Kier alpha value is -4.25. The highest BCUT2D eigenvalue weighted by Crippen LogP contribution is 2.35. The number of aromatic nitrogens is 5. The lowest BCUT2D eigenvalue weighted by molar-refractivity contribution is -0.137. The van der Waals surface area contributed by atoms with E-state index >= 15 is 0 Å². The Morgan fingerprint density at radius 1 is 1.15 bits per heavy atom. The second-order valence-corrected chi connectivity index (χ2v) is 10.7. The molecule has 0 aliphatic heterocycles. The minimum absolute atomic E-state index is 0.139. The molecule has 1 aliphatic carbocycles. The molecular formula is C29H28BrN7O3. The van der Waals surface area contributed by atoms with Crippen LogP contribution in [-0.4, -0.2) is 60.3 Å². The van der Waals surface area contributed by atoms with Crippen LogP contribution in [0, 0.1) is 13.8 Å². The molecule has 0 bridgehead atoms. The molecule has 11 heteroatoms. The highest BCUT2D eigenvalue weighted by atomic mass is 79.9. The maximum atomic E-state index is 13.3. The number of ketones is 1. The molecule has 0 radical (unpaired) electrons. The Bertz CT molecular complexity index is 1730. The van der Waals surface area contributed by atoms with E-state index in [0.29, 0.717) is 33.6 Å². The number of nitrogens with zero attached hydrogens (tertiary/aromatic N) is 6. The van der Waals surface area contributed by atoms with Crippen LogP contribution < -0.4 is 5.32 Å². The topological polar surface area (TPSA) is 123 Å². The average Bonchev–Trinajstić information content (AvgIpc) is 3.16. The van der Waals surface area contributed by atoms with E-state index in [4.69, 9.17) is 0 Å². The fraction of sp³-hybridized carbons (Fsp3) is 0.276. The van der Waals surface area contributed by atoms with E-state index in [0.717, 1.165) is 27.9 Å². The van der Waals surface area contributed by atoms with Crippen molar-refractivity contribution >= 4 is 56.3 Å². The van der Waals surface area contributed by atoms with Gasteiger partial charge in [-0.25, -0.2) is 15.0 Å². The molecular weight excluding hydrogens is 574 g/mol. The molecule has 0 spiro atoms. The molecule has 1 aromatic carbocycles. The Labute approximate surface area is 239 Å². The number of rotatable bonds is 6. The fourth-order valence-corrected chi connectivity index (χ4v) is 4.98. The first-order valence-corrected chi connectivity index (χ1v) is 13.6. The number of pyridine rings is 1. The van der Waals surface area contributed by atoms with Crippen LogP contribution in [0.5, 0.6) is 0 Å². The van der Waals surface area contributed by atoms with Crippen molar-refractivity contribution < 1.29 is 14.4 Å². The van der Waals surface area contributed by atoms with Crippen LogP contribution in [0.2, 0.25) is 0 Å². The fourth-order valence-electron chi connectivity index (χ4n) is 4.67. The number of halogens is 1. The van der Waals surface area contributed by atoms with Gasteiger partial charge in [0.1, 0.15) is 34.5 Å². The van der Waals surface area contributed by atoms with Crippen LogP contribution in [0.15, 0.2) is 41.1 Å². The lowest BCUT2D eigenvalue weighted by atomic mass is 9.96. The highest BCUT2D eigenvalue weighted by molar-refractivity contribution is 9.10. The minimum Gasteiger partial charge on any atom is -0.332 e. The predicted octanol–water partition coefficient (Wildman–Crippen LogP) is 4.53. The number of allylic oxidation sites excluding steroid dienone is 1. The summed E-state index contributed by atoms with van der Waals surface area (Å²) in [6.07, 6.45) is 6.46. The predicted molar refractivity (Wildman–Crippen MR) is 156 cm³/mol. The van der Waals surface area contributed by atoms with Gasteiger partial charge < -0.3 is 10.2 Å². The van der Waals surface area contributed by atoms with Crippen molar-refractivity contribution in [3.8, 4) is 11.1 Å². The maximum absolute atomic E-state index is 13.3. The summed E-state index contributed by atoms with van der Waals surface area (Å²) in [5, 5.41) is 7.97. The number of fused-ring (bicyclic) bond motifs is 4. The van der Waals surface area contributed by atoms with Gasteiger partial charge in [-0.3, -0.25) is 19.1 Å². The van der Waals surface area contributed by atoms with Crippen molar-refractivity contribution in [2.45, 2.75) is 46.7 Å². The summed E-state index contributed by atoms with van der Waals surface area (Å²) >= 11 is 3.31. The first-order valence-electron chi connectivity index (χ1n) is 12.8. The van der Waals surface area contributed by atoms with E-state index in [9.17, 15) is 14.4 Å². The highest BCUT2D eigenvalue weighted by Gasteiger charge is 2.26. The quantitative estimate of drug-likeness (QED) is 0.254. The van der Waals surface area contributed by atoms with Crippen molar-refractivity contribution in [1.82, 2.24) is 29.6 Å². The molecule has 204 valence electrons. The summed E-state index contributed by atoms with van der Waals surface area (Å²) < 4.78 is 2.13. The van der Waals surface area contributed by atoms with Gasteiger partial charge in [-0.05, 0) is 84.1 Å². The maximum Gasteiger partial charge on any atom is 0.248 e. The van der Waals surface area contributed by atoms with Crippen LogP contribution in [0.4, 0.5) is 5.82 Å². The Balaban J connectivity index is 1.45. The first-order chi connectivity index (χ1) is 19.0. The van der Waals surface area contributed by atoms with Crippen LogP contribution in [0.3, 0.4) is 0 Å². The standard InChI is InChI=1S/C29H28BrN7O3/c1-15-9-10-25(30)33-28(15)34-29(40)16(2)36(5)26(39)14-37-24-11-19-7-6-8-23-22(13-31-18(4)32-23)20(19)12-21(24)27(35-37)17(3)38/h6,8-13,16H,7,14H2,1-5H3,(H,33,34,40)/t16-/m0/s1. The second-order valence-electron chi connectivity index (χ2n) is 9.88. The molecule has 0 saturated carbocycles. The number of Topliss-reactive ketones (excluding diaryl/α,β-unsaturated/α-hetero) is 1. The Kier molecular flexibility index (Phi) is 7.33. The van der Waals surface area contributed by atoms with Gasteiger partial charge in [0, 0.05) is 31.1 Å². The lowest BCUT2D eigenvalue weighted by Crippen LogP contribution is -2.44. The monoisotopic (exact) mass is 601 g/mol. The molecule has 2 amide bonds. The number of amides is 2. The Morgan fingerprint density at radius 2 is 1.93 bits per heavy atom. The van der Waals surface area contributed by atoms with E-state index in [1.165, 1.54) is 16.5 Å². The summed E-state index contributed by atoms with van der Waals surface area (Å²) in [5.41, 5.74) is 5.39. The molecule has 1 N–H and O–H groups in total. The number of hydrogen-bond donors (Lipinski definition) is 1. The van der Waals surface area contributed by atoms with Crippen LogP contribution >= 0.6 is 15.9 Å². The largest absolute Gasteiger partial charge is 0.332 e. The third-order valence-electron chi connectivity index (χ3n) is 7.09. The normalized spacial score (nSPS) is 12.8. The zero-order valence-electron chi connectivity index (χ0n) is 22.8. The molecule has 0 saturated heterocycles. The van der Waals surface area contributed by atoms with E-state index in [1.807, 2.05) is 44.2 Å². The molecule has 40 heavy (non-hydrogen) atoms. The molecule has 3 aromatic heterocycles. The van der Waals surface area contributed by atoms with Crippen molar-refractivity contribution in [1.29, 1.82) is 0 Å². The molecule has 1 atom stereocenters. The molecule has 1 aliphatic rings. The number of benzene rings is 1. The van der Waals surface area contributed by atoms with Crippen LogP contribution in [-0.2, 0) is 22.6 Å². The third-order valence-corrected chi connectivity index (χ3v) is 7.54. The van der Waals surface area contributed by atoms with E-state index in [-0.39, 0.29) is 29.8 Å². The van der Waals surface area contributed by atoms with Crippen LogP contribution in [0.25, 0.3) is 28.1 Å². The number of carbonyl (C=O) groups is 3. The third kappa shape index (κ3) is 5.16. The van der Waals surface area contributed by atoms with Gasteiger partial charge >= 0.3 is 0 Å². The molecule has 10 nitrogen and oxygen atoms in total. The van der Waals surface area contributed by atoms with E-state index < -0.39 is 6.04 Å². The number of aryl methyl sites for hydroxylation is 2. The van der Waals surface area contributed by atoms with Crippen LogP contribution in [0.1, 0.15) is 47.0 Å². The van der Waals surface area contributed by atoms with Gasteiger partial charge in [0.15, 0.2) is 5.78 Å². The van der Waals surface area contributed by atoms with Crippen molar-refractivity contribution in [2.24, 2.45) is 0 Å². The second kappa shape index (κ2) is 10.7. The zero-order chi connectivity index (χ0) is 28.7. The molecule has 4 aromatic rings. The van der Waals surface area contributed by atoms with Gasteiger partial charge in [-0.15, -0.1) is 0 Å². The van der Waals surface area contributed by atoms with Gasteiger partial charge in [0.25, 0.3) is 0 Å². The first kappa shape index (κ1) is 27.3. The Morgan fingerprint density at radius 3 is 2.67 bits per heavy atom. The smallest absolute Gasteiger partial charge is 0.248 e. The van der Waals surface area contributed by atoms with E-state index in [2.05, 4.69) is 41.3 Å². The molecule has 0 fully saturated rings. The average molecular weight is 602 g/mol. The van der Waals surface area contributed by atoms with Gasteiger partial charge in [-0.2, -0.15) is 5.10 Å². The SMILES string of the molecule is CC(=O)c1nn(CC(=O)N(C)[C@@H](C)C(=O)Nc2nc(Br)ccc2C)c2cc3c(cc12)-c1cnc(C)nc1C=CC3. The van der Waals surface area contributed by atoms with Crippen molar-refractivity contribution in [3.05, 3.63) is 69.5 Å². The van der Waals surface area contributed by atoms with Crippen molar-refractivity contribution in [2.75, 3.05) is 12.4 Å².